The molecule has 8 heteroatoms. The minimum atomic E-state index is -1.15. The number of imide groups is 1. The summed E-state index contributed by atoms with van der Waals surface area (Å²) >= 11 is 1.29. The molecule has 0 aromatic carbocycles. The average molecular weight is 298 g/mol. The van der Waals surface area contributed by atoms with Gasteiger partial charge in [0, 0.05) is 6.42 Å². The van der Waals surface area contributed by atoms with E-state index in [1.807, 2.05) is 0 Å². The van der Waals surface area contributed by atoms with Crippen LogP contribution in [0.5, 0.6) is 0 Å². The number of carbonyl (C=O) groups excluding carboxylic acids is 4. The van der Waals surface area contributed by atoms with Gasteiger partial charge < -0.3 is 10.5 Å². The van der Waals surface area contributed by atoms with Crippen molar-refractivity contribution in [3.8, 4) is 0 Å². The van der Waals surface area contributed by atoms with Crippen molar-refractivity contribution in [2.75, 3.05) is 0 Å². The summed E-state index contributed by atoms with van der Waals surface area (Å²) in [7, 11) is 0. The molecule has 20 heavy (non-hydrogen) atoms. The highest BCUT2D eigenvalue weighted by molar-refractivity contribution is 7.12. The van der Waals surface area contributed by atoms with Crippen LogP contribution in [-0.2, 0) is 14.3 Å². The van der Waals surface area contributed by atoms with Gasteiger partial charge in [-0.05, 0) is 18.4 Å². The fourth-order valence-corrected chi connectivity index (χ4v) is 2.00. The van der Waals surface area contributed by atoms with Gasteiger partial charge in [0.15, 0.2) is 11.9 Å². The molecule has 1 atom stereocenters. The predicted octanol–water partition coefficient (Wildman–Crippen LogP) is 0.838. The van der Waals surface area contributed by atoms with Crippen molar-refractivity contribution in [1.82, 2.24) is 5.32 Å². The number of hydrogen-bond donors (Lipinski definition) is 2. The van der Waals surface area contributed by atoms with Crippen LogP contribution in [0.2, 0.25) is 0 Å². The molecule has 1 aromatic rings. The summed E-state index contributed by atoms with van der Waals surface area (Å²) in [5.74, 6) is -1.66. The number of amides is 3. The number of Topliss-reactive ketones (excluding diaryl/α,β-unsaturated/α-hetero) is 1. The molecule has 7 nitrogen and oxygen atoms in total. The molecule has 1 unspecified atom stereocenters. The lowest BCUT2D eigenvalue weighted by Crippen LogP contribution is -2.42. The first-order valence-corrected chi connectivity index (χ1v) is 6.64. The third-order valence-electron chi connectivity index (χ3n) is 2.28. The first-order valence-electron chi connectivity index (χ1n) is 5.76. The summed E-state index contributed by atoms with van der Waals surface area (Å²) in [5.41, 5.74) is 4.76. The van der Waals surface area contributed by atoms with E-state index in [-0.39, 0.29) is 18.6 Å². The average Bonchev–Trinajstić information content (AvgIpc) is 2.88. The largest absolute Gasteiger partial charge is 0.453 e. The van der Waals surface area contributed by atoms with Crippen LogP contribution >= 0.6 is 11.3 Å². The highest BCUT2D eigenvalue weighted by Crippen LogP contribution is 2.12. The number of primary amides is 1. The Kier molecular flexibility index (Phi) is 5.85. The van der Waals surface area contributed by atoms with Gasteiger partial charge in [-0.15, -0.1) is 11.3 Å². The van der Waals surface area contributed by atoms with E-state index < -0.39 is 24.0 Å². The smallest absolute Gasteiger partial charge is 0.318 e. The molecule has 0 radical (unpaired) electrons. The summed E-state index contributed by atoms with van der Waals surface area (Å²) in [6, 6.07) is 2.39. The lowest BCUT2D eigenvalue weighted by molar-refractivity contribution is -0.154. The van der Waals surface area contributed by atoms with Gasteiger partial charge in [0.05, 0.1) is 11.3 Å². The molecular weight excluding hydrogens is 284 g/mol. The molecule has 108 valence electrons. The van der Waals surface area contributed by atoms with E-state index in [1.54, 1.807) is 22.8 Å². The standard InChI is InChI=1S/C12H14N2O5S/c1-7(11(17)14-12(13)18)19-10(16)5-4-8(15)9-3-2-6-20-9/h2-3,6-7H,4-5H2,1H3,(H3,13,14,17,18). The normalized spacial score (nSPS) is 11.4. The number of urea groups is 1. The number of ether oxygens (including phenoxy) is 1. The maximum absolute atomic E-state index is 11.6. The minimum Gasteiger partial charge on any atom is -0.453 e. The first-order chi connectivity index (χ1) is 9.40. The van der Waals surface area contributed by atoms with Gasteiger partial charge >= 0.3 is 12.0 Å². The summed E-state index contributed by atoms with van der Waals surface area (Å²) < 4.78 is 4.77. The Morgan fingerprint density at radius 1 is 1.35 bits per heavy atom. The van der Waals surface area contributed by atoms with Crippen LogP contribution in [0.3, 0.4) is 0 Å². The fraction of sp³-hybridized carbons (Fsp3) is 0.333. The molecular formula is C12H14N2O5S. The molecule has 3 amide bonds. The van der Waals surface area contributed by atoms with Crippen LogP contribution in [0.4, 0.5) is 4.79 Å². The van der Waals surface area contributed by atoms with Crippen LogP contribution < -0.4 is 11.1 Å². The van der Waals surface area contributed by atoms with Gasteiger partial charge in [-0.2, -0.15) is 0 Å². The Morgan fingerprint density at radius 3 is 2.60 bits per heavy atom. The van der Waals surface area contributed by atoms with E-state index >= 15 is 0 Å². The molecule has 1 heterocycles. The first kappa shape index (κ1) is 15.8. The Balaban J connectivity index is 2.35. The number of ketones is 1. The number of thiophene rings is 1. The second-order valence-corrected chi connectivity index (χ2v) is 4.83. The molecule has 1 aromatic heterocycles. The topological polar surface area (TPSA) is 116 Å². The van der Waals surface area contributed by atoms with Crippen molar-refractivity contribution in [2.24, 2.45) is 5.73 Å². The van der Waals surface area contributed by atoms with Gasteiger partial charge in [0.2, 0.25) is 0 Å². The maximum atomic E-state index is 11.6. The zero-order valence-electron chi connectivity index (χ0n) is 10.8. The van der Waals surface area contributed by atoms with Gasteiger partial charge in [-0.25, -0.2) is 4.79 Å². The van der Waals surface area contributed by atoms with Crippen LogP contribution in [0.15, 0.2) is 17.5 Å². The molecule has 0 aliphatic carbocycles. The molecule has 0 saturated carbocycles. The highest BCUT2D eigenvalue weighted by atomic mass is 32.1. The molecule has 1 rings (SSSR count). The van der Waals surface area contributed by atoms with E-state index in [1.165, 1.54) is 18.3 Å². The van der Waals surface area contributed by atoms with E-state index in [0.717, 1.165) is 0 Å². The fourth-order valence-electron chi connectivity index (χ4n) is 1.31. The summed E-state index contributed by atoms with van der Waals surface area (Å²) in [4.78, 5) is 45.4. The number of nitrogens with two attached hydrogens (primary N) is 1. The second kappa shape index (κ2) is 7.39. The number of esters is 1. The highest BCUT2D eigenvalue weighted by Gasteiger charge is 2.19. The lowest BCUT2D eigenvalue weighted by Gasteiger charge is -2.11. The third kappa shape index (κ3) is 5.19. The molecule has 0 spiro atoms. The van der Waals surface area contributed by atoms with Crippen LogP contribution in [0.1, 0.15) is 29.4 Å². The maximum Gasteiger partial charge on any atom is 0.318 e. The van der Waals surface area contributed by atoms with Crippen molar-refractivity contribution in [1.29, 1.82) is 0 Å². The zero-order valence-corrected chi connectivity index (χ0v) is 11.6. The SMILES string of the molecule is CC(OC(=O)CCC(=O)c1cccs1)C(=O)NC(N)=O. The lowest BCUT2D eigenvalue weighted by atomic mass is 10.2. The van der Waals surface area contributed by atoms with Crippen molar-refractivity contribution >= 4 is 35.0 Å². The van der Waals surface area contributed by atoms with Crippen LogP contribution in [0.25, 0.3) is 0 Å². The van der Waals surface area contributed by atoms with Crippen molar-refractivity contribution < 1.29 is 23.9 Å². The van der Waals surface area contributed by atoms with E-state index in [2.05, 4.69) is 0 Å². The molecule has 0 aliphatic heterocycles. The van der Waals surface area contributed by atoms with E-state index in [0.29, 0.717) is 4.88 Å². The Hall–Kier alpha value is -2.22. The Morgan fingerprint density at radius 2 is 2.05 bits per heavy atom. The van der Waals surface area contributed by atoms with Crippen molar-refractivity contribution in [2.45, 2.75) is 25.9 Å². The summed E-state index contributed by atoms with van der Waals surface area (Å²) in [6.45, 7) is 1.30. The van der Waals surface area contributed by atoms with Gasteiger partial charge in [-0.3, -0.25) is 19.7 Å². The molecule has 0 aliphatic rings. The van der Waals surface area contributed by atoms with E-state index in [4.69, 9.17) is 10.5 Å². The van der Waals surface area contributed by atoms with Gasteiger partial charge in [-0.1, -0.05) is 6.07 Å². The number of hydrogen-bond acceptors (Lipinski definition) is 6. The molecule has 3 N–H and O–H groups in total. The van der Waals surface area contributed by atoms with Gasteiger partial charge in [0.1, 0.15) is 0 Å². The Bertz CT molecular complexity index is 512. The quantitative estimate of drug-likeness (QED) is 0.596. The predicted molar refractivity (Wildman–Crippen MR) is 71.2 cm³/mol. The van der Waals surface area contributed by atoms with Crippen LogP contribution in [-0.4, -0.2) is 29.8 Å². The summed E-state index contributed by atoms with van der Waals surface area (Å²) in [6.07, 6.45) is -1.28. The number of nitrogens with one attached hydrogen (secondary N) is 1. The molecule has 0 bridgehead atoms. The minimum absolute atomic E-state index is 0.00348. The second-order valence-electron chi connectivity index (χ2n) is 3.89. The van der Waals surface area contributed by atoms with Gasteiger partial charge in [0.25, 0.3) is 5.91 Å². The molecule has 0 saturated heterocycles. The summed E-state index contributed by atoms with van der Waals surface area (Å²) in [5, 5.41) is 3.56. The third-order valence-corrected chi connectivity index (χ3v) is 3.19. The zero-order chi connectivity index (χ0) is 15.1. The molecule has 0 fully saturated rings. The van der Waals surface area contributed by atoms with Crippen LogP contribution in [0, 0.1) is 0 Å². The van der Waals surface area contributed by atoms with Crippen molar-refractivity contribution in [3.63, 3.8) is 0 Å². The van der Waals surface area contributed by atoms with E-state index in [9.17, 15) is 19.2 Å². The number of carbonyl (C=O) groups is 4. The van der Waals surface area contributed by atoms with Crippen molar-refractivity contribution in [3.05, 3.63) is 22.4 Å². The number of rotatable bonds is 6. The Labute approximate surface area is 119 Å². The monoisotopic (exact) mass is 298 g/mol.